The number of carbonyl (C=O) groups excluding carboxylic acids is 2. The number of amides is 2. The molecule has 0 aliphatic heterocycles. The summed E-state index contributed by atoms with van der Waals surface area (Å²) in [5, 5.41) is 14.1. The van der Waals surface area contributed by atoms with Crippen LogP contribution in [0.15, 0.2) is 63.7 Å². The first-order chi connectivity index (χ1) is 23.1. The minimum Gasteiger partial charge on any atom is -0.494 e. The molecule has 49 heavy (non-hydrogen) atoms. The van der Waals surface area contributed by atoms with E-state index < -0.39 is 40.7 Å². The summed E-state index contributed by atoms with van der Waals surface area (Å²) >= 11 is 5.71. The quantitative estimate of drug-likeness (QED) is 0.0981. The largest absolute Gasteiger partial charge is 0.494 e. The summed E-state index contributed by atoms with van der Waals surface area (Å²) < 4.78 is 88.8. The van der Waals surface area contributed by atoms with Crippen molar-refractivity contribution in [3.63, 3.8) is 0 Å². The number of hydrogen-bond donors (Lipinski definition) is 2. The van der Waals surface area contributed by atoms with Crippen molar-refractivity contribution in [1.29, 1.82) is 0 Å². The molecule has 0 saturated heterocycles. The number of oxazole rings is 2. The summed E-state index contributed by atoms with van der Waals surface area (Å²) in [7, 11) is 0. The van der Waals surface area contributed by atoms with Crippen LogP contribution >= 0.6 is 11.6 Å². The highest BCUT2D eigenvalue weighted by Crippen LogP contribution is 2.33. The topological polar surface area (TPSA) is 163 Å². The highest BCUT2D eigenvalue weighted by Gasteiger charge is 2.40. The van der Waals surface area contributed by atoms with Crippen molar-refractivity contribution in [3.8, 4) is 28.7 Å². The van der Waals surface area contributed by atoms with Crippen molar-refractivity contribution in [2.24, 2.45) is 5.92 Å². The number of nitrogens with one attached hydrogen (secondary N) is 2. The van der Waals surface area contributed by atoms with Gasteiger partial charge in [-0.25, -0.2) is 9.97 Å². The van der Waals surface area contributed by atoms with Gasteiger partial charge in [0.15, 0.2) is 0 Å². The van der Waals surface area contributed by atoms with E-state index in [0.29, 0.717) is 17.9 Å². The third kappa shape index (κ3) is 10.7. The van der Waals surface area contributed by atoms with Gasteiger partial charge in [0.05, 0.1) is 23.9 Å². The zero-order valence-electron chi connectivity index (χ0n) is 25.1. The molecule has 0 unspecified atom stereocenters. The molecular formula is C30H26ClF6N5O7. The van der Waals surface area contributed by atoms with Crippen LogP contribution in [0, 0.1) is 16.0 Å². The number of rotatable bonds is 9. The number of benzene rings is 2. The second-order valence-electron chi connectivity index (χ2n) is 10.5. The smallest absolute Gasteiger partial charge is 0.471 e. The first-order valence-corrected chi connectivity index (χ1v) is 14.8. The Morgan fingerprint density at radius 3 is 1.98 bits per heavy atom. The SMILES string of the molecule is O=C(Nc1cnc(-c2cc(Cl)ccc2[N+](=O)[O-])o1)C(F)(F)F.O=C(Nc1cnc(-c2ccc(OCCC3CCCCC3)cc2)o1)C(F)(F)F. The summed E-state index contributed by atoms with van der Waals surface area (Å²) in [6.07, 6.45) is -0.706. The van der Waals surface area contributed by atoms with Crippen molar-refractivity contribution in [3.05, 3.63) is 70.0 Å². The van der Waals surface area contributed by atoms with E-state index in [2.05, 4.69) is 9.97 Å². The number of nitrogens with zero attached hydrogens (tertiary/aromatic N) is 3. The fraction of sp³-hybridized carbons (Fsp3) is 0.333. The van der Waals surface area contributed by atoms with Gasteiger partial charge in [0.2, 0.25) is 23.5 Å². The molecule has 5 rings (SSSR count). The van der Waals surface area contributed by atoms with Gasteiger partial charge in [-0.1, -0.05) is 43.7 Å². The Morgan fingerprint density at radius 2 is 1.43 bits per heavy atom. The highest BCUT2D eigenvalue weighted by atomic mass is 35.5. The minimum atomic E-state index is -5.10. The molecule has 0 atom stereocenters. The van der Waals surface area contributed by atoms with Crippen LogP contribution in [-0.4, -0.2) is 45.7 Å². The fourth-order valence-corrected chi connectivity index (χ4v) is 4.81. The Labute approximate surface area is 277 Å². The molecule has 1 aliphatic carbocycles. The molecule has 12 nitrogen and oxygen atoms in total. The third-order valence-electron chi connectivity index (χ3n) is 7.01. The molecular weight excluding hydrogens is 692 g/mol. The van der Waals surface area contributed by atoms with E-state index in [9.17, 15) is 46.0 Å². The molecule has 2 N–H and O–H groups in total. The molecule has 1 fully saturated rings. The zero-order valence-corrected chi connectivity index (χ0v) is 25.8. The molecule has 19 heteroatoms. The number of halogens is 7. The third-order valence-corrected chi connectivity index (χ3v) is 7.24. The molecule has 0 bridgehead atoms. The number of ether oxygens (including phenoxy) is 1. The van der Waals surface area contributed by atoms with Crippen LogP contribution in [0.1, 0.15) is 38.5 Å². The Bertz CT molecular complexity index is 1750. The van der Waals surface area contributed by atoms with Crippen LogP contribution in [0.5, 0.6) is 5.75 Å². The number of aromatic nitrogens is 2. The predicted molar refractivity (Wildman–Crippen MR) is 162 cm³/mol. The first kappa shape index (κ1) is 36.7. The molecule has 2 amide bonds. The average Bonchev–Trinajstić information content (AvgIpc) is 3.71. The van der Waals surface area contributed by atoms with Gasteiger partial charge in [-0.3, -0.25) is 30.3 Å². The zero-order chi connectivity index (χ0) is 35.8. The Kier molecular flexibility index (Phi) is 11.9. The lowest BCUT2D eigenvalue weighted by molar-refractivity contribution is -0.384. The van der Waals surface area contributed by atoms with Crippen molar-refractivity contribution in [2.45, 2.75) is 50.9 Å². The second-order valence-corrected chi connectivity index (χ2v) is 11.0. The van der Waals surface area contributed by atoms with Crippen molar-refractivity contribution in [1.82, 2.24) is 9.97 Å². The summed E-state index contributed by atoms with van der Waals surface area (Å²) in [6.45, 7) is 0.663. The summed E-state index contributed by atoms with van der Waals surface area (Å²) in [4.78, 5) is 39.3. The van der Waals surface area contributed by atoms with Gasteiger partial charge < -0.3 is 13.6 Å². The molecule has 4 aromatic rings. The van der Waals surface area contributed by atoms with E-state index in [1.165, 1.54) is 49.6 Å². The van der Waals surface area contributed by atoms with Crippen LogP contribution in [0.2, 0.25) is 5.02 Å². The number of alkyl halides is 6. The van der Waals surface area contributed by atoms with E-state index in [1.54, 1.807) is 29.6 Å². The van der Waals surface area contributed by atoms with Gasteiger partial charge >= 0.3 is 24.2 Å². The molecule has 2 aromatic heterocycles. The van der Waals surface area contributed by atoms with Crippen LogP contribution in [0.3, 0.4) is 0 Å². The number of nitro benzene ring substituents is 1. The maximum absolute atomic E-state index is 12.2. The molecule has 0 spiro atoms. The van der Waals surface area contributed by atoms with Gasteiger partial charge in [-0.2, -0.15) is 26.3 Å². The number of nitro groups is 1. The van der Waals surface area contributed by atoms with E-state index in [0.717, 1.165) is 30.8 Å². The number of anilines is 2. The fourth-order valence-electron chi connectivity index (χ4n) is 4.64. The lowest BCUT2D eigenvalue weighted by atomic mass is 9.87. The van der Waals surface area contributed by atoms with Gasteiger partial charge in [-0.05, 0) is 48.7 Å². The lowest BCUT2D eigenvalue weighted by Crippen LogP contribution is -2.29. The van der Waals surface area contributed by atoms with Crippen molar-refractivity contribution in [2.75, 3.05) is 17.2 Å². The van der Waals surface area contributed by atoms with Gasteiger partial charge in [0.25, 0.3) is 5.69 Å². The Balaban J connectivity index is 0.000000226. The van der Waals surface area contributed by atoms with Crippen LogP contribution < -0.4 is 15.4 Å². The summed E-state index contributed by atoms with van der Waals surface area (Å²) in [5.41, 5.74) is 0.0343. The summed E-state index contributed by atoms with van der Waals surface area (Å²) in [5.74, 6) is -4.11. The molecule has 262 valence electrons. The van der Waals surface area contributed by atoms with Crippen LogP contribution in [0.4, 0.5) is 43.8 Å². The predicted octanol–water partition coefficient (Wildman–Crippen LogP) is 8.60. The normalized spacial score (nSPS) is 13.6. The number of hydrogen-bond acceptors (Lipinski definition) is 9. The Hall–Kier alpha value is -5.13. The molecule has 0 radical (unpaired) electrons. The van der Waals surface area contributed by atoms with Crippen LogP contribution in [0.25, 0.3) is 22.9 Å². The van der Waals surface area contributed by atoms with Gasteiger partial charge in [0, 0.05) is 16.7 Å². The summed E-state index contributed by atoms with van der Waals surface area (Å²) in [6, 6.07) is 10.5. The van der Waals surface area contributed by atoms with E-state index in [1.807, 2.05) is 0 Å². The average molecular weight is 718 g/mol. The van der Waals surface area contributed by atoms with Crippen LogP contribution in [-0.2, 0) is 9.59 Å². The molecule has 1 saturated carbocycles. The van der Waals surface area contributed by atoms with E-state index >= 15 is 0 Å². The van der Waals surface area contributed by atoms with Gasteiger partial charge in [0.1, 0.15) is 11.3 Å². The van der Waals surface area contributed by atoms with Gasteiger partial charge in [-0.15, -0.1) is 0 Å². The minimum absolute atomic E-state index is 0.112. The lowest BCUT2D eigenvalue weighted by Gasteiger charge is -2.21. The maximum atomic E-state index is 12.2. The second kappa shape index (κ2) is 15.8. The highest BCUT2D eigenvalue weighted by molar-refractivity contribution is 6.31. The van der Waals surface area contributed by atoms with Crippen molar-refractivity contribution < 1.29 is 54.4 Å². The van der Waals surface area contributed by atoms with E-state index in [4.69, 9.17) is 25.2 Å². The first-order valence-electron chi connectivity index (χ1n) is 14.5. The standard InChI is InChI=1S/C19H21F3N2O3.C11H5ClF3N3O4/c20-19(21,22)18(25)24-16-12-23-17(27-16)14-6-8-15(9-7-14)26-11-10-13-4-2-1-3-5-13;12-5-1-2-7(18(20)21)6(3-5)9-16-4-8(22-9)17-10(19)11(13,14)15/h6-9,12-13H,1-5,10-11H2,(H,24,25);1-4H,(H,17,19). The monoisotopic (exact) mass is 717 g/mol. The maximum Gasteiger partial charge on any atom is 0.471 e. The molecule has 2 aromatic carbocycles. The van der Waals surface area contributed by atoms with Crippen molar-refractivity contribution >= 4 is 40.9 Å². The number of carbonyl (C=O) groups is 2. The Morgan fingerprint density at radius 1 is 0.878 bits per heavy atom. The molecule has 1 aliphatic rings. The van der Waals surface area contributed by atoms with E-state index in [-0.39, 0.29) is 28.3 Å². The molecule has 2 heterocycles.